The third-order valence-corrected chi connectivity index (χ3v) is 7.62. The first-order chi connectivity index (χ1) is 18.8. The van der Waals surface area contributed by atoms with E-state index in [1.165, 1.54) is 44.1 Å². The van der Waals surface area contributed by atoms with E-state index in [-0.39, 0.29) is 0 Å². The predicted molar refractivity (Wildman–Crippen MR) is 159 cm³/mol. The standard InChI is InChI=1S/C36H23NO/c1-2-9-24(10-3-1)25-17-20-27(21-18-25)37-33-15-6-4-11-29(33)31-14-8-13-28(36(31)37)26-19-22-35-32(23-26)30-12-5-7-16-34(30)38-35/h1-23H. The molecule has 0 saturated heterocycles. The van der Waals surface area contributed by atoms with Gasteiger partial charge < -0.3 is 8.98 Å². The van der Waals surface area contributed by atoms with Gasteiger partial charge in [0.15, 0.2) is 0 Å². The van der Waals surface area contributed by atoms with Gasteiger partial charge in [-0.3, -0.25) is 0 Å². The Morgan fingerprint density at radius 2 is 1.08 bits per heavy atom. The van der Waals surface area contributed by atoms with E-state index in [1.807, 2.05) is 12.1 Å². The molecule has 0 aliphatic heterocycles. The summed E-state index contributed by atoms with van der Waals surface area (Å²) in [5.41, 5.74) is 10.2. The van der Waals surface area contributed by atoms with Gasteiger partial charge in [0, 0.05) is 32.8 Å². The lowest BCUT2D eigenvalue weighted by atomic mass is 10.00. The Kier molecular flexibility index (Phi) is 4.55. The van der Waals surface area contributed by atoms with E-state index < -0.39 is 0 Å². The van der Waals surface area contributed by atoms with Crippen molar-refractivity contribution in [3.05, 3.63) is 140 Å². The number of para-hydroxylation sites is 3. The zero-order valence-electron chi connectivity index (χ0n) is 20.6. The molecule has 0 saturated carbocycles. The molecular formula is C36H23NO. The topological polar surface area (TPSA) is 18.1 Å². The van der Waals surface area contributed by atoms with Crippen LogP contribution in [0.4, 0.5) is 0 Å². The van der Waals surface area contributed by atoms with E-state index in [0.717, 1.165) is 27.6 Å². The van der Waals surface area contributed by atoms with Gasteiger partial charge >= 0.3 is 0 Å². The van der Waals surface area contributed by atoms with E-state index >= 15 is 0 Å². The summed E-state index contributed by atoms with van der Waals surface area (Å²) in [4.78, 5) is 0. The smallest absolute Gasteiger partial charge is 0.135 e. The van der Waals surface area contributed by atoms with Gasteiger partial charge in [-0.2, -0.15) is 0 Å². The van der Waals surface area contributed by atoms with Crippen LogP contribution in [0.5, 0.6) is 0 Å². The van der Waals surface area contributed by atoms with Crippen molar-refractivity contribution in [3.63, 3.8) is 0 Å². The summed E-state index contributed by atoms with van der Waals surface area (Å²) < 4.78 is 8.52. The highest BCUT2D eigenvalue weighted by Crippen LogP contribution is 2.40. The Hall–Kier alpha value is -5.08. The average Bonchev–Trinajstić information content (AvgIpc) is 3.53. The number of hydrogen-bond acceptors (Lipinski definition) is 1. The van der Waals surface area contributed by atoms with Crippen LogP contribution in [0.25, 0.3) is 71.7 Å². The Bertz CT molecular complexity index is 2110. The van der Waals surface area contributed by atoms with Crippen LogP contribution in [0.3, 0.4) is 0 Å². The summed E-state index contributed by atoms with van der Waals surface area (Å²) >= 11 is 0. The van der Waals surface area contributed by atoms with Gasteiger partial charge in [-0.05, 0) is 53.1 Å². The van der Waals surface area contributed by atoms with Crippen molar-refractivity contribution in [1.82, 2.24) is 4.57 Å². The number of aromatic nitrogens is 1. The molecule has 2 aromatic heterocycles. The highest BCUT2D eigenvalue weighted by atomic mass is 16.3. The maximum atomic E-state index is 6.11. The largest absolute Gasteiger partial charge is 0.456 e. The Morgan fingerprint density at radius 3 is 1.95 bits per heavy atom. The van der Waals surface area contributed by atoms with Crippen LogP contribution in [-0.4, -0.2) is 4.57 Å². The normalized spacial score (nSPS) is 11.7. The molecule has 0 unspecified atom stereocenters. The van der Waals surface area contributed by atoms with Crippen molar-refractivity contribution >= 4 is 43.7 Å². The van der Waals surface area contributed by atoms with Gasteiger partial charge in [0.25, 0.3) is 0 Å². The van der Waals surface area contributed by atoms with Crippen LogP contribution in [0.15, 0.2) is 144 Å². The fraction of sp³-hybridized carbons (Fsp3) is 0. The van der Waals surface area contributed by atoms with Crippen LogP contribution >= 0.6 is 0 Å². The molecule has 178 valence electrons. The molecule has 8 aromatic rings. The van der Waals surface area contributed by atoms with Crippen LogP contribution in [0.1, 0.15) is 0 Å². The summed E-state index contributed by atoms with van der Waals surface area (Å²) in [6.45, 7) is 0. The van der Waals surface area contributed by atoms with E-state index in [0.29, 0.717) is 0 Å². The molecule has 6 aromatic carbocycles. The lowest BCUT2D eigenvalue weighted by Crippen LogP contribution is -1.95. The summed E-state index contributed by atoms with van der Waals surface area (Å²) in [5.74, 6) is 0. The summed E-state index contributed by atoms with van der Waals surface area (Å²) in [6.07, 6.45) is 0. The lowest BCUT2D eigenvalue weighted by molar-refractivity contribution is 0.669. The Morgan fingerprint density at radius 1 is 0.421 bits per heavy atom. The number of fused-ring (bicyclic) bond motifs is 6. The number of nitrogens with zero attached hydrogens (tertiary/aromatic N) is 1. The second-order valence-corrected chi connectivity index (χ2v) is 9.78. The van der Waals surface area contributed by atoms with Crippen LogP contribution in [0.2, 0.25) is 0 Å². The van der Waals surface area contributed by atoms with Crippen molar-refractivity contribution in [3.8, 4) is 27.9 Å². The molecule has 2 heterocycles. The SMILES string of the molecule is c1ccc(-c2ccc(-n3c4ccccc4c4cccc(-c5ccc6oc7ccccc7c6c5)c43)cc2)cc1. The molecule has 0 aliphatic rings. The predicted octanol–water partition coefficient (Wildman–Crippen LogP) is 10.0. The fourth-order valence-electron chi connectivity index (χ4n) is 5.85. The van der Waals surface area contributed by atoms with Crippen molar-refractivity contribution in [1.29, 1.82) is 0 Å². The second-order valence-electron chi connectivity index (χ2n) is 9.78. The molecule has 0 atom stereocenters. The molecule has 0 bridgehead atoms. The van der Waals surface area contributed by atoms with Gasteiger partial charge in [-0.1, -0.05) is 103 Å². The lowest BCUT2D eigenvalue weighted by Gasteiger charge is -2.13. The molecule has 0 N–H and O–H groups in total. The number of hydrogen-bond donors (Lipinski definition) is 0. The van der Waals surface area contributed by atoms with Gasteiger partial charge in [0.2, 0.25) is 0 Å². The molecule has 0 amide bonds. The molecule has 0 spiro atoms. The average molecular weight is 486 g/mol. The molecular weight excluding hydrogens is 462 g/mol. The molecule has 2 nitrogen and oxygen atoms in total. The molecule has 38 heavy (non-hydrogen) atoms. The van der Waals surface area contributed by atoms with Gasteiger partial charge in [0.05, 0.1) is 11.0 Å². The van der Waals surface area contributed by atoms with Crippen molar-refractivity contribution in [2.24, 2.45) is 0 Å². The summed E-state index contributed by atoms with van der Waals surface area (Å²) in [6, 6.07) is 49.6. The minimum absolute atomic E-state index is 0.916. The molecule has 8 rings (SSSR count). The van der Waals surface area contributed by atoms with Crippen molar-refractivity contribution in [2.45, 2.75) is 0 Å². The fourth-order valence-corrected chi connectivity index (χ4v) is 5.85. The monoisotopic (exact) mass is 485 g/mol. The number of rotatable bonds is 3. The van der Waals surface area contributed by atoms with Crippen molar-refractivity contribution in [2.75, 3.05) is 0 Å². The highest BCUT2D eigenvalue weighted by molar-refractivity contribution is 6.14. The molecule has 0 aliphatic carbocycles. The quantitative estimate of drug-likeness (QED) is 0.243. The molecule has 0 radical (unpaired) electrons. The minimum Gasteiger partial charge on any atom is -0.456 e. The summed E-state index contributed by atoms with van der Waals surface area (Å²) in [7, 11) is 0. The first-order valence-electron chi connectivity index (χ1n) is 12.9. The van der Waals surface area contributed by atoms with E-state index in [9.17, 15) is 0 Å². The molecule has 2 heteroatoms. The van der Waals surface area contributed by atoms with Crippen LogP contribution in [0, 0.1) is 0 Å². The Labute approximate surface area is 220 Å². The van der Waals surface area contributed by atoms with Crippen LogP contribution in [-0.2, 0) is 0 Å². The van der Waals surface area contributed by atoms with Gasteiger partial charge in [-0.15, -0.1) is 0 Å². The Balaban J connectivity index is 1.39. The zero-order chi connectivity index (χ0) is 25.1. The van der Waals surface area contributed by atoms with Gasteiger partial charge in [0.1, 0.15) is 11.2 Å². The third kappa shape index (κ3) is 3.14. The first-order valence-corrected chi connectivity index (χ1v) is 12.9. The van der Waals surface area contributed by atoms with E-state index in [4.69, 9.17) is 4.42 Å². The first kappa shape index (κ1) is 21.0. The van der Waals surface area contributed by atoms with E-state index in [2.05, 4.69) is 132 Å². The minimum atomic E-state index is 0.916. The summed E-state index contributed by atoms with van der Waals surface area (Å²) in [5, 5.41) is 4.80. The van der Waals surface area contributed by atoms with Crippen molar-refractivity contribution < 1.29 is 4.42 Å². The van der Waals surface area contributed by atoms with Crippen LogP contribution < -0.4 is 0 Å². The zero-order valence-corrected chi connectivity index (χ0v) is 20.6. The van der Waals surface area contributed by atoms with Gasteiger partial charge in [-0.25, -0.2) is 0 Å². The maximum Gasteiger partial charge on any atom is 0.135 e. The maximum absolute atomic E-state index is 6.11. The number of benzene rings is 6. The second kappa shape index (κ2) is 8.22. The molecule has 0 fully saturated rings. The third-order valence-electron chi connectivity index (χ3n) is 7.62. The highest BCUT2D eigenvalue weighted by Gasteiger charge is 2.17. The van der Waals surface area contributed by atoms with E-state index in [1.54, 1.807) is 0 Å². The number of furan rings is 1.